The van der Waals surface area contributed by atoms with E-state index in [1.807, 2.05) is 0 Å². The number of amides is 3. The third kappa shape index (κ3) is 2.96. The SMILES string of the molecule is O=C(CN1C(=O)[C@H]2CCCC[C@@H]2C1=O)Nc1cccc(-n2cnnn2)c1. The number of imide groups is 1. The highest BCUT2D eigenvalue weighted by atomic mass is 16.2. The predicted molar refractivity (Wildman–Crippen MR) is 90.0 cm³/mol. The highest BCUT2D eigenvalue weighted by Crippen LogP contribution is 2.37. The van der Waals surface area contributed by atoms with Crippen molar-refractivity contribution in [3.63, 3.8) is 0 Å². The number of hydrogen-bond acceptors (Lipinski definition) is 6. The van der Waals surface area contributed by atoms with Gasteiger partial charge in [0.15, 0.2) is 0 Å². The average molecular weight is 354 g/mol. The second-order valence-electron chi connectivity index (χ2n) is 6.61. The molecule has 2 heterocycles. The van der Waals surface area contributed by atoms with Crippen LogP contribution in [0, 0.1) is 11.8 Å². The van der Waals surface area contributed by atoms with E-state index in [0.717, 1.165) is 30.6 Å². The number of carbonyl (C=O) groups excluding carboxylic acids is 3. The monoisotopic (exact) mass is 354 g/mol. The van der Waals surface area contributed by atoms with Crippen molar-refractivity contribution in [2.45, 2.75) is 25.7 Å². The maximum absolute atomic E-state index is 12.4. The van der Waals surface area contributed by atoms with Gasteiger partial charge in [-0.1, -0.05) is 18.9 Å². The van der Waals surface area contributed by atoms with Gasteiger partial charge in [0.2, 0.25) is 17.7 Å². The molecule has 134 valence electrons. The maximum Gasteiger partial charge on any atom is 0.244 e. The van der Waals surface area contributed by atoms with Gasteiger partial charge in [-0.2, -0.15) is 0 Å². The summed E-state index contributed by atoms with van der Waals surface area (Å²) in [5, 5.41) is 13.7. The lowest BCUT2D eigenvalue weighted by atomic mass is 9.81. The van der Waals surface area contributed by atoms with Crippen molar-refractivity contribution in [1.29, 1.82) is 0 Å². The Hall–Kier alpha value is -3.10. The van der Waals surface area contributed by atoms with Gasteiger partial charge < -0.3 is 5.32 Å². The van der Waals surface area contributed by atoms with Crippen molar-refractivity contribution in [3.8, 4) is 5.69 Å². The number of aromatic nitrogens is 4. The topological polar surface area (TPSA) is 110 Å². The van der Waals surface area contributed by atoms with Gasteiger partial charge in [-0.3, -0.25) is 19.3 Å². The van der Waals surface area contributed by atoms with Gasteiger partial charge >= 0.3 is 0 Å². The third-order valence-electron chi connectivity index (χ3n) is 4.98. The quantitative estimate of drug-likeness (QED) is 0.812. The van der Waals surface area contributed by atoms with Crippen LogP contribution in [0.15, 0.2) is 30.6 Å². The van der Waals surface area contributed by atoms with Gasteiger partial charge in [0, 0.05) is 5.69 Å². The summed E-state index contributed by atoms with van der Waals surface area (Å²) < 4.78 is 1.47. The first kappa shape index (κ1) is 16.4. The van der Waals surface area contributed by atoms with E-state index < -0.39 is 5.91 Å². The second-order valence-corrected chi connectivity index (χ2v) is 6.61. The minimum absolute atomic E-state index is 0.211. The Balaban J connectivity index is 1.44. The van der Waals surface area contributed by atoms with E-state index in [2.05, 4.69) is 20.8 Å². The zero-order valence-electron chi connectivity index (χ0n) is 14.0. The highest BCUT2D eigenvalue weighted by Gasteiger charge is 2.48. The van der Waals surface area contributed by atoms with Crippen LogP contribution < -0.4 is 5.32 Å². The van der Waals surface area contributed by atoms with Crippen molar-refractivity contribution < 1.29 is 14.4 Å². The molecule has 1 saturated carbocycles. The Morgan fingerprint density at radius 1 is 1.15 bits per heavy atom. The lowest BCUT2D eigenvalue weighted by molar-refractivity contribution is -0.142. The molecule has 3 amide bonds. The molecule has 1 aliphatic carbocycles. The zero-order chi connectivity index (χ0) is 18.1. The summed E-state index contributed by atoms with van der Waals surface area (Å²) in [7, 11) is 0. The van der Waals surface area contributed by atoms with E-state index >= 15 is 0 Å². The number of anilines is 1. The molecular formula is C17H18N6O3. The van der Waals surface area contributed by atoms with Crippen molar-refractivity contribution in [2.75, 3.05) is 11.9 Å². The number of tetrazole rings is 1. The van der Waals surface area contributed by atoms with Crippen molar-refractivity contribution >= 4 is 23.4 Å². The van der Waals surface area contributed by atoms with Crippen LogP contribution >= 0.6 is 0 Å². The van der Waals surface area contributed by atoms with Crippen LogP contribution in [-0.2, 0) is 14.4 Å². The first-order valence-corrected chi connectivity index (χ1v) is 8.62. The zero-order valence-corrected chi connectivity index (χ0v) is 14.0. The van der Waals surface area contributed by atoms with Crippen LogP contribution in [0.4, 0.5) is 5.69 Å². The molecule has 2 fully saturated rings. The van der Waals surface area contributed by atoms with Crippen molar-refractivity contribution in [3.05, 3.63) is 30.6 Å². The van der Waals surface area contributed by atoms with Gasteiger partial charge in [-0.05, 0) is 41.5 Å². The van der Waals surface area contributed by atoms with E-state index in [0.29, 0.717) is 11.4 Å². The summed E-state index contributed by atoms with van der Waals surface area (Å²) in [5.41, 5.74) is 1.23. The molecule has 26 heavy (non-hydrogen) atoms. The number of rotatable bonds is 4. The maximum atomic E-state index is 12.4. The summed E-state index contributed by atoms with van der Waals surface area (Å²) in [6.07, 6.45) is 4.85. The Morgan fingerprint density at radius 2 is 1.88 bits per heavy atom. The lowest BCUT2D eigenvalue weighted by Crippen LogP contribution is -2.38. The number of carbonyl (C=O) groups is 3. The highest BCUT2D eigenvalue weighted by molar-refractivity contribution is 6.08. The molecule has 1 saturated heterocycles. The van der Waals surface area contributed by atoms with Crippen LogP contribution in [0.2, 0.25) is 0 Å². The lowest BCUT2D eigenvalue weighted by Gasteiger charge is -2.19. The Morgan fingerprint density at radius 3 is 2.54 bits per heavy atom. The molecule has 1 aromatic heterocycles. The van der Waals surface area contributed by atoms with Gasteiger partial charge in [-0.15, -0.1) is 5.10 Å². The van der Waals surface area contributed by atoms with Gasteiger partial charge in [0.1, 0.15) is 12.9 Å². The fourth-order valence-electron chi connectivity index (χ4n) is 3.74. The fourth-order valence-corrected chi connectivity index (χ4v) is 3.74. The number of nitrogens with zero attached hydrogens (tertiary/aromatic N) is 5. The normalized spacial score (nSPS) is 22.4. The summed E-state index contributed by atoms with van der Waals surface area (Å²) in [6, 6.07) is 6.98. The molecule has 1 N–H and O–H groups in total. The number of fused-ring (bicyclic) bond motifs is 1. The predicted octanol–water partition coefficient (Wildman–Crippen LogP) is 0.776. The molecule has 1 aromatic carbocycles. The standard InChI is InChI=1S/C17H18N6O3/c24-15(9-22-16(25)13-6-1-2-7-14(13)17(22)26)19-11-4-3-5-12(8-11)23-10-18-20-21-23/h3-5,8,10,13-14H,1-2,6-7,9H2,(H,19,24)/t13-,14-/m0/s1. The van der Waals surface area contributed by atoms with E-state index in [9.17, 15) is 14.4 Å². The molecule has 2 aliphatic rings. The minimum atomic E-state index is -0.404. The van der Waals surface area contributed by atoms with Crippen molar-refractivity contribution in [2.24, 2.45) is 11.8 Å². The first-order valence-electron chi connectivity index (χ1n) is 8.62. The van der Waals surface area contributed by atoms with Crippen LogP contribution in [0.25, 0.3) is 5.69 Å². The number of hydrogen-bond donors (Lipinski definition) is 1. The number of nitrogens with one attached hydrogen (secondary N) is 1. The van der Waals surface area contributed by atoms with E-state index in [1.54, 1.807) is 24.3 Å². The average Bonchev–Trinajstić information content (AvgIpc) is 3.26. The summed E-state index contributed by atoms with van der Waals surface area (Å²) in [6.45, 7) is -0.250. The Kier molecular flexibility index (Phi) is 4.19. The molecule has 9 nitrogen and oxygen atoms in total. The summed E-state index contributed by atoms with van der Waals surface area (Å²) >= 11 is 0. The summed E-state index contributed by atoms with van der Waals surface area (Å²) in [5.74, 6) is -1.31. The molecule has 2 aromatic rings. The molecule has 2 atom stereocenters. The Labute approximate surface area is 149 Å². The van der Waals surface area contributed by atoms with E-state index in [1.165, 1.54) is 11.0 Å². The third-order valence-corrected chi connectivity index (χ3v) is 4.98. The molecule has 0 radical (unpaired) electrons. The molecule has 0 spiro atoms. The number of benzene rings is 1. The molecular weight excluding hydrogens is 336 g/mol. The minimum Gasteiger partial charge on any atom is -0.324 e. The van der Waals surface area contributed by atoms with Crippen molar-refractivity contribution in [1.82, 2.24) is 25.1 Å². The molecule has 1 aliphatic heterocycles. The van der Waals surface area contributed by atoms with Gasteiger partial charge in [-0.25, -0.2) is 4.68 Å². The van der Waals surface area contributed by atoms with Crippen LogP contribution in [0.3, 0.4) is 0 Å². The van der Waals surface area contributed by atoms with E-state index in [-0.39, 0.29) is 30.2 Å². The van der Waals surface area contributed by atoms with Crippen LogP contribution in [0.1, 0.15) is 25.7 Å². The van der Waals surface area contributed by atoms with Gasteiger partial charge in [0.25, 0.3) is 0 Å². The smallest absolute Gasteiger partial charge is 0.244 e. The Bertz CT molecular complexity index is 826. The molecule has 0 unspecified atom stereocenters. The number of likely N-dealkylation sites (tertiary alicyclic amines) is 1. The fraction of sp³-hybridized carbons (Fsp3) is 0.412. The van der Waals surface area contributed by atoms with Crippen LogP contribution in [-0.4, -0.2) is 49.4 Å². The second kappa shape index (κ2) is 6.66. The van der Waals surface area contributed by atoms with E-state index in [4.69, 9.17) is 0 Å². The molecule has 4 rings (SSSR count). The van der Waals surface area contributed by atoms with Crippen LogP contribution in [0.5, 0.6) is 0 Å². The molecule has 9 heteroatoms. The molecule has 0 bridgehead atoms. The largest absolute Gasteiger partial charge is 0.324 e. The summed E-state index contributed by atoms with van der Waals surface area (Å²) in [4.78, 5) is 38.4. The van der Waals surface area contributed by atoms with Gasteiger partial charge in [0.05, 0.1) is 17.5 Å². The first-order chi connectivity index (χ1) is 12.6.